The Morgan fingerprint density at radius 3 is 2.75 bits per heavy atom. The van der Waals surface area contributed by atoms with Gasteiger partial charge in [0.05, 0.1) is 0 Å². The molecule has 0 atom stereocenters. The van der Waals surface area contributed by atoms with E-state index in [9.17, 15) is 4.79 Å². The van der Waals surface area contributed by atoms with Crippen LogP contribution in [-0.4, -0.2) is 11.9 Å². The van der Waals surface area contributed by atoms with Gasteiger partial charge in [-0.1, -0.05) is 11.6 Å². The zero-order valence-corrected chi connectivity index (χ0v) is 8.86. The van der Waals surface area contributed by atoms with Crippen molar-refractivity contribution in [1.29, 1.82) is 0 Å². The van der Waals surface area contributed by atoms with E-state index in [1.54, 1.807) is 24.3 Å². The topological polar surface area (TPSA) is 94.6 Å². The van der Waals surface area contributed by atoms with Crippen LogP contribution in [0.2, 0.25) is 5.02 Å². The number of nitrogens with two attached hydrogens (primary N) is 2. The zero-order valence-electron chi connectivity index (χ0n) is 8.11. The lowest BCUT2D eigenvalue weighted by Crippen LogP contribution is -2.24. The normalized spacial score (nSPS) is 10.3. The van der Waals surface area contributed by atoms with Gasteiger partial charge in [0.2, 0.25) is 0 Å². The fraction of sp³-hybridized carbons (Fsp3) is 0. The second-order valence-electron chi connectivity index (χ2n) is 3.13. The first-order valence-electron chi connectivity index (χ1n) is 4.39. The molecule has 0 saturated carbocycles. The maximum atomic E-state index is 11.4. The maximum absolute atomic E-state index is 11.4. The molecule has 0 aliphatic rings. The lowest BCUT2D eigenvalue weighted by molar-refractivity contribution is 0.0978. The van der Waals surface area contributed by atoms with Gasteiger partial charge in [0.25, 0.3) is 0 Å². The molecule has 5 nitrogen and oxygen atoms in total. The summed E-state index contributed by atoms with van der Waals surface area (Å²) in [6, 6.07) is 6.62. The number of halogens is 1. The van der Waals surface area contributed by atoms with Crippen LogP contribution in [0.5, 0.6) is 0 Å². The number of benzene rings is 1. The minimum atomic E-state index is -0.618. The van der Waals surface area contributed by atoms with E-state index >= 15 is 0 Å². The van der Waals surface area contributed by atoms with Gasteiger partial charge < -0.3 is 15.9 Å². The summed E-state index contributed by atoms with van der Waals surface area (Å²) >= 11 is 5.78. The van der Waals surface area contributed by atoms with Crippen molar-refractivity contribution in [2.45, 2.75) is 0 Å². The minimum Gasteiger partial charge on any atom is -0.451 e. The number of nitrogens with zero attached hydrogens (tertiary/aromatic N) is 1. The van der Waals surface area contributed by atoms with E-state index in [4.69, 9.17) is 27.5 Å². The standard InChI is InChI=1S/C10H8ClN3O2/c11-6-2-1-5-3-8(16-7(5)4-6)9(15)14-10(12)13/h1-4H,(H4,12,13,14,15). The second-order valence-corrected chi connectivity index (χ2v) is 3.57. The fourth-order valence-electron chi connectivity index (χ4n) is 1.28. The molecular weight excluding hydrogens is 230 g/mol. The Labute approximate surface area is 95.7 Å². The molecule has 0 spiro atoms. The number of hydrogen-bond donors (Lipinski definition) is 2. The van der Waals surface area contributed by atoms with E-state index in [1.165, 1.54) is 0 Å². The highest BCUT2D eigenvalue weighted by Crippen LogP contribution is 2.23. The van der Waals surface area contributed by atoms with Crippen molar-refractivity contribution in [3.8, 4) is 0 Å². The summed E-state index contributed by atoms with van der Waals surface area (Å²) in [6.45, 7) is 0. The van der Waals surface area contributed by atoms with Gasteiger partial charge in [-0.3, -0.25) is 4.79 Å². The van der Waals surface area contributed by atoms with Gasteiger partial charge >= 0.3 is 5.91 Å². The van der Waals surface area contributed by atoms with E-state index in [0.717, 1.165) is 5.39 Å². The summed E-state index contributed by atoms with van der Waals surface area (Å²) in [4.78, 5) is 14.8. The molecule has 1 aromatic carbocycles. The molecule has 4 N–H and O–H groups in total. The maximum Gasteiger partial charge on any atom is 0.315 e. The molecule has 2 aromatic rings. The number of guanidine groups is 1. The first-order valence-corrected chi connectivity index (χ1v) is 4.77. The molecule has 1 heterocycles. The Morgan fingerprint density at radius 2 is 2.06 bits per heavy atom. The summed E-state index contributed by atoms with van der Waals surface area (Å²) in [5.41, 5.74) is 10.7. The predicted octanol–water partition coefficient (Wildman–Crippen LogP) is 1.50. The monoisotopic (exact) mass is 237 g/mol. The van der Waals surface area contributed by atoms with Crippen LogP contribution in [0.3, 0.4) is 0 Å². The fourth-order valence-corrected chi connectivity index (χ4v) is 1.44. The second kappa shape index (κ2) is 3.86. The summed E-state index contributed by atoms with van der Waals surface area (Å²) in [6.07, 6.45) is 0. The molecule has 0 bridgehead atoms. The van der Waals surface area contributed by atoms with Crippen molar-refractivity contribution < 1.29 is 9.21 Å². The van der Waals surface area contributed by atoms with Gasteiger partial charge in [0, 0.05) is 16.5 Å². The van der Waals surface area contributed by atoms with Gasteiger partial charge in [0.1, 0.15) is 5.58 Å². The minimum absolute atomic E-state index is 0.0747. The van der Waals surface area contributed by atoms with Crippen LogP contribution in [-0.2, 0) is 0 Å². The van der Waals surface area contributed by atoms with Crippen LogP contribution in [0.25, 0.3) is 11.0 Å². The Kier molecular flexibility index (Phi) is 2.54. The SMILES string of the molecule is NC(N)=NC(=O)c1cc2ccc(Cl)cc2o1. The molecule has 82 valence electrons. The van der Waals surface area contributed by atoms with Crippen LogP contribution in [0.1, 0.15) is 10.6 Å². The van der Waals surface area contributed by atoms with Crippen molar-refractivity contribution in [3.05, 3.63) is 35.0 Å². The van der Waals surface area contributed by atoms with Crippen molar-refractivity contribution >= 4 is 34.4 Å². The molecule has 1 aromatic heterocycles. The summed E-state index contributed by atoms with van der Waals surface area (Å²) in [5, 5.41) is 1.29. The van der Waals surface area contributed by atoms with E-state index in [0.29, 0.717) is 10.6 Å². The number of rotatable bonds is 1. The number of carbonyl (C=O) groups is 1. The molecule has 0 saturated heterocycles. The molecule has 0 fully saturated rings. The molecule has 6 heteroatoms. The van der Waals surface area contributed by atoms with E-state index < -0.39 is 5.91 Å². The third kappa shape index (κ3) is 1.99. The van der Waals surface area contributed by atoms with Gasteiger partial charge in [-0.15, -0.1) is 0 Å². The summed E-state index contributed by atoms with van der Waals surface area (Å²) in [5.74, 6) is -0.846. The molecule has 0 aliphatic heterocycles. The first kappa shape index (κ1) is 10.5. The molecule has 0 radical (unpaired) electrons. The lowest BCUT2D eigenvalue weighted by atomic mass is 10.2. The average Bonchev–Trinajstić information content (AvgIpc) is 2.59. The van der Waals surface area contributed by atoms with Crippen molar-refractivity contribution in [2.75, 3.05) is 0 Å². The smallest absolute Gasteiger partial charge is 0.315 e. The highest BCUT2D eigenvalue weighted by molar-refractivity contribution is 6.31. The number of carbonyl (C=O) groups excluding carboxylic acids is 1. The number of hydrogen-bond acceptors (Lipinski definition) is 2. The third-order valence-electron chi connectivity index (χ3n) is 1.92. The highest BCUT2D eigenvalue weighted by atomic mass is 35.5. The van der Waals surface area contributed by atoms with Gasteiger partial charge in [-0.2, -0.15) is 4.99 Å². The average molecular weight is 238 g/mol. The molecule has 2 rings (SSSR count). The van der Waals surface area contributed by atoms with Crippen LogP contribution in [0.4, 0.5) is 0 Å². The molecule has 16 heavy (non-hydrogen) atoms. The molecule has 1 amide bonds. The Hall–Kier alpha value is -2.01. The lowest BCUT2D eigenvalue weighted by Gasteiger charge is -1.89. The zero-order chi connectivity index (χ0) is 11.7. The van der Waals surface area contributed by atoms with Crippen molar-refractivity contribution in [3.63, 3.8) is 0 Å². The van der Waals surface area contributed by atoms with Crippen molar-refractivity contribution in [2.24, 2.45) is 16.5 Å². The van der Waals surface area contributed by atoms with Crippen LogP contribution >= 0.6 is 11.6 Å². The molecule has 0 unspecified atom stereocenters. The third-order valence-corrected chi connectivity index (χ3v) is 2.16. The molecular formula is C10H8ClN3O2. The van der Waals surface area contributed by atoms with Gasteiger partial charge in [-0.25, -0.2) is 0 Å². The van der Waals surface area contributed by atoms with Gasteiger partial charge in [0.15, 0.2) is 11.7 Å². The van der Waals surface area contributed by atoms with E-state index in [-0.39, 0.29) is 11.7 Å². The quantitative estimate of drug-likeness (QED) is 0.580. The largest absolute Gasteiger partial charge is 0.451 e. The first-order chi connectivity index (χ1) is 7.56. The van der Waals surface area contributed by atoms with Gasteiger partial charge in [-0.05, 0) is 18.2 Å². The van der Waals surface area contributed by atoms with Crippen LogP contribution in [0, 0.1) is 0 Å². The Morgan fingerprint density at radius 1 is 1.31 bits per heavy atom. The Balaban J connectivity index is 2.47. The molecule has 0 aliphatic carbocycles. The predicted molar refractivity (Wildman–Crippen MR) is 61.4 cm³/mol. The summed E-state index contributed by atoms with van der Waals surface area (Å²) < 4.78 is 5.26. The number of aliphatic imine (C=N–C) groups is 1. The summed E-state index contributed by atoms with van der Waals surface area (Å²) in [7, 11) is 0. The number of fused-ring (bicyclic) bond motifs is 1. The Bertz CT molecular complexity index is 585. The van der Waals surface area contributed by atoms with E-state index in [2.05, 4.69) is 4.99 Å². The number of amides is 1. The van der Waals surface area contributed by atoms with Crippen LogP contribution in [0.15, 0.2) is 33.7 Å². The number of furan rings is 1. The van der Waals surface area contributed by atoms with Crippen LogP contribution < -0.4 is 11.5 Å². The highest BCUT2D eigenvalue weighted by Gasteiger charge is 2.11. The van der Waals surface area contributed by atoms with Crippen molar-refractivity contribution in [1.82, 2.24) is 0 Å². The van der Waals surface area contributed by atoms with E-state index in [1.807, 2.05) is 0 Å².